The van der Waals surface area contributed by atoms with E-state index in [0.29, 0.717) is 6.42 Å². The maximum atomic E-state index is 11.5. The van der Waals surface area contributed by atoms with Crippen LogP contribution < -0.4 is 5.73 Å². The predicted molar refractivity (Wildman–Crippen MR) is 53.7 cm³/mol. The lowest BCUT2D eigenvalue weighted by molar-refractivity contribution is -0.154. The van der Waals surface area contributed by atoms with Crippen molar-refractivity contribution >= 4 is 5.97 Å². The monoisotopic (exact) mass is 197 g/mol. The number of carbonyl (C=O) groups is 1. The molecule has 0 unspecified atom stereocenters. The first-order chi connectivity index (χ1) is 6.68. The molecule has 0 aromatic rings. The minimum Gasteiger partial charge on any atom is -0.462 e. The van der Waals surface area contributed by atoms with Gasteiger partial charge in [0.2, 0.25) is 0 Å². The summed E-state index contributed by atoms with van der Waals surface area (Å²) < 4.78 is 5.29. The fraction of sp³-hybridized carbons (Fsp3) is 0.909. The van der Waals surface area contributed by atoms with Crippen LogP contribution in [-0.4, -0.2) is 17.6 Å². The van der Waals surface area contributed by atoms with Gasteiger partial charge in [0.15, 0.2) is 0 Å². The van der Waals surface area contributed by atoms with Crippen molar-refractivity contribution in [2.24, 2.45) is 5.73 Å². The molecular weight excluding hydrogens is 178 g/mol. The average Bonchev–Trinajstić information content (AvgIpc) is 2.44. The Morgan fingerprint density at radius 3 is 2.43 bits per heavy atom. The molecule has 0 bridgehead atoms. The summed E-state index contributed by atoms with van der Waals surface area (Å²) in [5.74, 6) is -0.0842. The van der Waals surface area contributed by atoms with E-state index in [1.165, 1.54) is 6.42 Å². The van der Waals surface area contributed by atoms with E-state index >= 15 is 0 Å². The van der Waals surface area contributed by atoms with Crippen LogP contribution in [0.3, 0.4) is 0 Å². The summed E-state index contributed by atoms with van der Waals surface area (Å²) in [6.45, 7) is 0. The Morgan fingerprint density at radius 1 is 1.29 bits per heavy atom. The van der Waals surface area contributed by atoms with E-state index in [4.69, 9.17) is 10.5 Å². The number of esters is 1. The summed E-state index contributed by atoms with van der Waals surface area (Å²) in [6, 6.07) is 0. The van der Waals surface area contributed by atoms with Gasteiger partial charge in [-0.15, -0.1) is 0 Å². The molecule has 80 valence electrons. The Kier molecular flexibility index (Phi) is 2.77. The highest BCUT2D eigenvalue weighted by molar-refractivity contribution is 5.71. The minimum atomic E-state index is -0.249. The Hall–Kier alpha value is -0.570. The molecule has 3 nitrogen and oxygen atoms in total. The SMILES string of the molecule is NC1(CC(=O)OC2CCC2)CCCC1. The lowest BCUT2D eigenvalue weighted by Gasteiger charge is -2.28. The predicted octanol–water partition coefficient (Wildman–Crippen LogP) is 1.74. The van der Waals surface area contributed by atoms with Gasteiger partial charge in [0.25, 0.3) is 0 Å². The van der Waals surface area contributed by atoms with Gasteiger partial charge in [-0.3, -0.25) is 4.79 Å². The molecule has 0 saturated heterocycles. The first kappa shape index (κ1) is 9.97. The third-order valence-electron chi connectivity index (χ3n) is 3.45. The van der Waals surface area contributed by atoms with Gasteiger partial charge in [0, 0.05) is 5.54 Å². The topological polar surface area (TPSA) is 52.3 Å². The van der Waals surface area contributed by atoms with Gasteiger partial charge in [-0.05, 0) is 32.1 Å². The normalized spacial score (nSPS) is 25.8. The van der Waals surface area contributed by atoms with Crippen LogP contribution in [0.5, 0.6) is 0 Å². The maximum absolute atomic E-state index is 11.5. The summed E-state index contributed by atoms with van der Waals surface area (Å²) in [6.07, 6.45) is 8.19. The third kappa shape index (κ3) is 2.27. The minimum absolute atomic E-state index is 0.0842. The largest absolute Gasteiger partial charge is 0.462 e. The van der Waals surface area contributed by atoms with Crippen LogP contribution in [-0.2, 0) is 9.53 Å². The van der Waals surface area contributed by atoms with E-state index in [1.807, 2.05) is 0 Å². The summed E-state index contributed by atoms with van der Waals surface area (Å²) in [5, 5.41) is 0. The van der Waals surface area contributed by atoms with E-state index < -0.39 is 0 Å². The van der Waals surface area contributed by atoms with E-state index in [2.05, 4.69) is 0 Å². The van der Waals surface area contributed by atoms with Gasteiger partial charge < -0.3 is 10.5 Å². The highest BCUT2D eigenvalue weighted by Crippen LogP contribution is 2.31. The molecule has 14 heavy (non-hydrogen) atoms. The van der Waals surface area contributed by atoms with Crippen molar-refractivity contribution in [3.8, 4) is 0 Å². The number of nitrogens with two attached hydrogens (primary N) is 1. The Morgan fingerprint density at radius 2 is 1.93 bits per heavy atom. The molecule has 0 aromatic carbocycles. The number of ether oxygens (including phenoxy) is 1. The molecule has 2 rings (SSSR count). The zero-order valence-corrected chi connectivity index (χ0v) is 8.63. The fourth-order valence-corrected chi connectivity index (χ4v) is 2.26. The lowest BCUT2D eigenvalue weighted by atomic mass is 9.94. The molecule has 0 atom stereocenters. The van der Waals surface area contributed by atoms with Crippen molar-refractivity contribution in [3.63, 3.8) is 0 Å². The average molecular weight is 197 g/mol. The van der Waals surface area contributed by atoms with Crippen LogP contribution in [0.15, 0.2) is 0 Å². The summed E-state index contributed by atoms with van der Waals surface area (Å²) in [4.78, 5) is 11.5. The first-order valence-electron chi connectivity index (χ1n) is 5.66. The molecule has 0 spiro atoms. The van der Waals surface area contributed by atoms with Crippen LogP contribution in [0.4, 0.5) is 0 Å². The van der Waals surface area contributed by atoms with Crippen molar-refractivity contribution in [1.82, 2.24) is 0 Å². The Balaban J connectivity index is 1.75. The molecule has 3 heteroatoms. The third-order valence-corrected chi connectivity index (χ3v) is 3.45. The molecule has 2 fully saturated rings. The number of rotatable bonds is 3. The van der Waals surface area contributed by atoms with E-state index in [1.54, 1.807) is 0 Å². The highest BCUT2D eigenvalue weighted by atomic mass is 16.5. The number of hydrogen-bond donors (Lipinski definition) is 1. The van der Waals surface area contributed by atoms with Crippen LogP contribution >= 0.6 is 0 Å². The second kappa shape index (κ2) is 3.89. The second-order valence-corrected chi connectivity index (χ2v) is 4.79. The molecular formula is C11H19NO2. The Bertz CT molecular complexity index is 217. The maximum Gasteiger partial charge on any atom is 0.307 e. The van der Waals surface area contributed by atoms with E-state index in [0.717, 1.165) is 38.5 Å². The fourth-order valence-electron chi connectivity index (χ4n) is 2.26. The molecule has 0 aromatic heterocycles. The van der Waals surface area contributed by atoms with Gasteiger partial charge in [-0.2, -0.15) is 0 Å². The Labute approximate surface area is 85.0 Å². The molecule has 0 aliphatic heterocycles. The quantitative estimate of drug-likeness (QED) is 0.701. The number of carbonyl (C=O) groups excluding carboxylic acids is 1. The molecule has 2 aliphatic carbocycles. The van der Waals surface area contributed by atoms with Gasteiger partial charge in [-0.25, -0.2) is 0 Å². The van der Waals surface area contributed by atoms with Gasteiger partial charge in [0.1, 0.15) is 6.10 Å². The van der Waals surface area contributed by atoms with Crippen LogP contribution in [0.25, 0.3) is 0 Å². The summed E-state index contributed by atoms with van der Waals surface area (Å²) in [5.41, 5.74) is 5.85. The van der Waals surface area contributed by atoms with Crippen LogP contribution in [0, 0.1) is 0 Å². The van der Waals surface area contributed by atoms with E-state index in [9.17, 15) is 4.79 Å². The standard InChI is InChI=1S/C11H19NO2/c12-11(6-1-2-7-11)8-10(13)14-9-4-3-5-9/h9H,1-8,12H2. The van der Waals surface area contributed by atoms with Crippen molar-refractivity contribution in [2.45, 2.75) is 63.0 Å². The van der Waals surface area contributed by atoms with E-state index in [-0.39, 0.29) is 17.6 Å². The van der Waals surface area contributed by atoms with Crippen molar-refractivity contribution in [1.29, 1.82) is 0 Å². The van der Waals surface area contributed by atoms with Crippen LogP contribution in [0.2, 0.25) is 0 Å². The van der Waals surface area contributed by atoms with Gasteiger partial charge in [0.05, 0.1) is 6.42 Å². The molecule has 0 heterocycles. The zero-order valence-electron chi connectivity index (χ0n) is 8.63. The van der Waals surface area contributed by atoms with Crippen LogP contribution in [0.1, 0.15) is 51.4 Å². The van der Waals surface area contributed by atoms with Crippen molar-refractivity contribution in [2.75, 3.05) is 0 Å². The van der Waals surface area contributed by atoms with Gasteiger partial charge in [-0.1, -0.05) is 12.8 Å². The highest BCUT2D eigenvalue weighted by Gasteiger charge is 2.33. The smallest absolute Gasteiger partial charge is 0.307 e. The molecule has 0 amide bonds. The summed E-state index contributed by atoms with van der Waals surface area (Å²) in [7, 11) is 0. The van der Waals surface area contributed by atoms with Crippen molar-refractivity contribution < 1.29 is 9.53 Å². The zero-order chi connectivity index (χ0) is 10.0. The molecule has 2 saturated carbocycles. The molecule has 2 aliphatic rings. The molecule has 2 N–H and O–H groups in total. The van der Waals surface area contributed by atoms with Crippen molar-refractivity contribution in [3.05, 3.63) is 0 Å². The second-order valence-electron chi connectivity index (χ2n) is 4.79. The first-order valence-corrected chi connectivity index (χ1v) is 5.66. The van der Waals surface area contributed by atoms with Gasteiger partial charge >= 0.3 is 5.97 Å². The summed E-state index contributed by atoms with van der Waals surface area (Å²) >= 11 is 0. The lowest BCUT2D eigenvalue weighted by Crippen LogP contribution is -2.40. The number of hydrogen-bond acceptors (Lipinski definition) is 3. The molecule has 0 radical (unpaired) electrons.